The minimum atomic E-state index is -0.894. The Hall–Kier alpha value is -1.55. The first-order valence-electron chi connectivity index (χ1n) is 7.34. The number of hydrogen-bond acceptors (Lipinski definition) is 2. The molecule has 0 spiro atoms. The molecule has 2 aliphatic rings. The van der Waals surface area contributed by atoms with Crippen LogP contribution in [0.15, 0.2) is 24.3 Å². The summed E-state index contributed by atoms with van der Waals surface area (Å²) in [5.41, 5.74) is 0.432. The number of carboxylic acid groups (broad SMARTS) is 1. The molecule has 1 aromatic rings. The van der Waals surface area contributed by atoms with Crippen LogP contribution in [0.1, 0.15) is 37.7 Å². The van der Waals surface area contributed by atoms with Crippen molar-refractivity contribution in [3.05, 3.63) is 34.9 Å². The number of carboxylic acids is 1. The van der Waals surface area contributed by atoms with Gasteiger partial charge in [0.15, 0.2) is 0 Å². The summed E-state index contributed by atoms with van der Waals surface area (Å²) in [6.07, 6.45) is 3.88. The van der Waals surface area contributed by atoms with Crippen molar-refractivity contribution < 1.29 is 14.7 Å². The zero-order chi connectivity index (χ0) is 15.0. The van der Waals surface area contributed by atoms with E-state index in [-0.39, 0.29) is 5.91 Å². The van der Waals surface area contributed by atoms with Crippen molar-refractivity contribution in [2.45, 2.75) is 43.6 Å². The largest absolute Gasteiger partial charge is 0.480 e. The second-order valence-corrected chi connectivity index (χ2v) is 6.37. The molecule has 2 fully saturated rings. The van der Waals surface area contributed by atoms with E-state index in [1.54, 1.807) is 17.0 Å². The number of benzene rings is 1. The Kier molecular flexibility index (Phi) is 3.66. The Balaban J connectivity index is 1.86. The Labute approximate surface area is 128 Å². The average molecular weight is 308 g/mol. The van der Waals surface area contributed by atoms with Crippen LogP contribution in [0.2, 0.25) is 5.02 Å². The van der Waals surface area contributed by atoms with E-state index in [2.05, 4.69) is 0 Å². The minimum absolute atomic E-state index is 0.0306. The lowest BCUT2D eigenvalue weighted by molar-refractivity contribution is -0.153. The van der Waals surface area contributed by atoms with Crippen LogP contribution in [-0.2, 0) is 15.0 Å². The molecule has 4 nitrogen and oxygen atoms in total. The SMILES string of the molecule is O=C(O)C1CCCCN1C(=O)C1(c2ccc(Cl)cc2)CC1. The van der Waals surface area contributed by atoms with Crippen molar-refractivity contribution in [2.24, 2.45) is 0 Å². The Morgan fingerprint density at radius 3 is 2.43 bits per heavy atom. The van der Waals surface area contributed by atoms with Gasteiger partial charge in [0.05, 0.1) is 5.41 Å². The first-order valence-corrected chi connectivity index (χ1v) is 7.72. The standard InChI is InChI=1S/C16H18ClNO3/c17-12-6-4-11(5-7-12)16(8-9-16)15(21)18-10-2-1-3-13(18)14(19)20/h4-7,13H,1-3,8-10H2,(H,19,20). The number of piperidine rings is 1. The second kappa shape index (κ2) is 5.34. The van der Waals surface area contributed by atoms with Gasteiger partial charge in [-0.3, -0.25) is 4.79 Å². The maximum atomic E-state index is 12.9. The van der Waals surface area contributed by atoms with Crippen LogP contribution in [0.3, 0.4) is 0 Å². The molecular weight excluding hydrogens is 290 g/mol. The van der Waals surface area contributed by atoms with Crippen molar-refractivity contribution in [1.29, 1.82) is 0 Å². The van der Waals surface area contributed by atoms with Crippen LogP contribution < -0.4 is 0 Å². The van der Waals surface area contributed by atoms with Crippen LogP contribution in [0.25, 0.3) is 0 Å². The van der Waals surface area contributed by atoms with Crippen molar-refractivity contribution in [3.63, 3.8) is 0 Å². The predicted octanol–water partition coefficient (Wildman–Crippen LogP) is 2.84. The summed E-state index contributed by atoms with van der Waals surface area (Å²) in [6.45, 7) is 0.547. The van der Waals surface area contributed by atoms with Crippen LogP contribution >= 0.6 is 11.6 Å². The number of halogens is 1. The van der Waals surface area contributed by atoms with Crippen LogP contribution in [-0.4, -0.2) is 34.5 Å². The summed E-state index contributed by atoms with van der Waals surface area (Å²) >= 11 is 5.90. The van der Waals surface area contributed by atoms with E-state index in [0.29, 0.717) is 18.0 Å². The lowest BCUT2D eigenvalue weighted by Crippen LogP contribution is -2.51. The molecule has 1 aliphatic heterocycles. The zero-order valence-electron chi connectivity index (χ0n) is 11.7. The van der Waals surface area contributed by atoms with E-state index in [0.717, 1.165) is 31.2 Å². The van der Waals surface area contributed by atoms with Gasteiger partial charge in [0.2, 0.25) is 5.91 Å². The van der Waals surface area contributed by atoms with Crippen molar-refractivity contribution >= 4 is 23.5 Å². The molecule has 1 amide bonds. The van der Waals surface area contributed by atoms with Gasteiger partial charge in [-0.15, -0.1) is 0 Å². The number of carbonyl (C=O) groups is 2. The molecule has 21 heavy (non-hydrogen) atoms. The van der Waals surface area contributed by atoms with E-state index >= 15 is 0 Å². The summed E-state index contributed by atoms with van der Waals surface area (Å²) in [6, 6.07) is 6.67. The fourth-order valence-electron chi connectivity index (χ4n) is 3.23. The highest BCUT2D eigenvalue weighted by Gasteiger charge is 2.54. The van der Waals surface area contributed by atoms with Gasteiger partial charge in [-0.25, -0.2) is 4.79 Å². The minimum Gasteiger partial charge on any atom is -0.480 e. The number of aliphatic carboxylic acids is 1. The van der Waals surface area contributed by atoms with Gasteiger partial charge in [0.1, 0.15) is 6.04 Å². The quantitative estimate of drug-likeness (QED) is 0.934. The maximum absolute atomic E-state index is 12.9. The van der Waals surface area contributed by atoms with Crippen molar-refractivity contribution in [1.82, 2.24) is 4.90 Å². The van der Waals surface area contributed by atoms with E-state index in [1.165, 1.54) is 0 Å². The normalized spacial score (nSPS) is 23.7. The molecule has 1 unspecified atom stereocenters. The zero-order valence-corrected chi connectivity index (χ0v) is 12.5. The van der Waals surface area contributed by atoms with Gasteiger partial charge in [-0.1, -0.05) is 23.7 Å². The molecule has 0 radical (unpaired) electrons. The monoisotopic (exact) mass is 307 g/mol. The lowest BCUT2D eigenvalue weighted by Gasteiger charge is -2.35. The average Bonchev–Trinajstić information content (AvgIpc) is 3.29. The number of carbonyl (C=O) groups excluding carboxylic acids is 1. The smallest absolute Gasteiger partial charge is 0.326 e. The first-order chi connectivity index (χ1) is 10.0. The molecule has 1 aromatic carbocycles. The third kappa shape index (κ3) is 2.53. The van der Waals surface area contributed by atoms with Gasteiger partial charge >= 0.3 is 5.97 Å². The van der Waals surface area contributed by atoms with Gasteiger partial charge in [0.25, 0.3) is 0 Å². The molecule has 1 heterocycles. The highest BCUT2D eigenvalue weighted by atomic mass is 35.5. The van der Waals surface area contributed by atoms with Gasteiger partial charge in [-0.2, -0.15) is 0 Å². The van der Waals surface area contributed by atoms with Crippen molar-refractivity contribution in [2.75, 3.05) is 6.54 Å². The fraction of sp³-hybridized carbons (Fsp3) is 0.500. The van der Waals surface area contributed by atoms with E-state index in [1.807, 2.05) is 12.1 Å². The summed E-state index contributed by atoms with van der Waals surface area (Å²) in [5, 5.41) is 9.98. The molecule has 0 aromatic heterocycles. The van der Waals surface area contributed by atoms with Crippen LogP contribution in [0, 0.1) is 0 Å². The molecule has 3 rings (SSSR count). The topological polar surface area (TPSA) is 57.6 Å². The molecule has 1 saturated carbocycles. The van der Waals surface area contributed by atoms with Crippen molar-refractivity contribution in [3.8, 4) is 0 Å². The third-order valence-corrected chi connectivity index (χ3v) is 4.86. The highest BCUT2D eigenvalue weighted by Crippen LogP contribution is 2.50. The predicted molar refractivity (Wildman–Crippen MR) is 79.4 cm³/mol. The van der Waals surface area contributed by atoms with E-state index < -0.39 is 17.4 Å². The fourth-order valence-corrected chi connectivity index (χ4v) is 3.35. The summed E-state index contributed by atoms with van der Waals surface area (Å²) in [7, 11) is 0. The van der Waals surface area contributed by atoms with Crippen LogP contribution in [0.4, 0.5) is 0 Å². The number of amides is 1. The molecular formula is C16H18ClNO3. The van der Waals surface area contributed by atoms with Gasteiger partial charge < -0.3 is 10.0 Å². The Bertz CT molecular complexity index is 565. The number of likely N-dealkylation sites (tertiary alicyclic amines) is 1. The highest BCUT2D eigenvalue weighted by molar-refractivity contribution is 6.30. The molecule has 1 saturated heterocycles. The number of nitrogens with zero attached hydrogens (tertiary/aromatic N) is 1. The van der Waals surface area contributed by atoms with E-state index in [9.17, 15) is 14.7 Å². The third-order valence-electron chi connectivity index (χ3n) is 4.60. The second-order valence-electron chi connectivity index (χ2n) is 5.94. The molecule has 0 bridgehead atoms. The Morgan fingerprint density at radius 2 is 1.86 bits per heavy atom. The van der Waals surface area contributed by atoms with Gasteiger partial charge in [-0.05, 0) is 49.8 Å². The molecule has 1 atom stereocenters. The molecule has 5 heteroatoms. The molecule has 1 N–H and O–H groups in total. The van der Waals surface area contributed by atoms with E-state index in [4.69, 9.17) is 11.6 Å². The summed E-state index contributed by atoms with van der Waals surface area (Å²) in [5.74, 6) is -0.924. The maximum Gasteiger partial charge on any atom is 0.326 e. The Morgan fingerprint density at radius 1 is 1.19 bits per heavy atom. The van der Waals surface area contributed by atoms with Crippen LogP contribution in [0.5, 0.6) is 0 Å². The number of hydrogen-bond donors (Lipinski definition) is 1. The van der Waals surface area contributed by atoms with Gasteiger partial charge in [0, 0.05) is 11.6 Å². The summed E-state index contributed by atoms with van der Waals surface area (Å²) in [4.78, 5) is 25.9. The summed E-state index contributed by atoms with van der Waals surface area (Å²) < 4.78 is 0. The number of rotatable bonds is 3. The molecule has 1 aliphatic carbocycles. The lowest BCUT2D eigenvalue weighted by atomic mass is 9.91. The molecule has 112 valence electrons. The first kappa shape index (κ1) is 14.4.